The molecule has 0 amide bonds. The molecular formula is H2ClNOYb. The average molecular weight is 241 g/mol. The summed E-state index contributed by atoms with van der Waals surface area (Å²) in [5.74, 6) is 0. The van der Waals surface area contributed by atoms with Crippen LogP contribution in [0.25, 0.3) is 0 Å². The molecule has 0 radical (unpaired) electrons. The van der Waals surface area contributed by atoms with Gasteiger partial charge in [0.05, 0.1) is 0 Å². The number of nitrogens with one attached hydrogen (secondary N) is 1. The maximum absolute atomic E-state index is 7.08. The predicted molar refractivity (Wildman–Crippen MR) is 10.8 cm³/mol. The van der Waals surface area contributed by atoms with Gasteiger partial charge >= 0.3 is 0 Å². The summed E-state index contributed by atoms with van der Waals surface area (Å²) in [5, 5.41) is 7.08. The van der Waals surface area contributed by atoms with Crippen LogP contribution < -0.4 is 5.00 Å². The van der Waals surface area contributed by atoms with Crippen molar-refractivity contribution in [2.75, 3.05) is 0 Å². The summed E-state index contributed by atoms with van der Waals surface area (Å²) >= 11 is 4.30. The molecule has 0 unspecified atom stereocenters. The minimum atomic E-state index is 0. The van der Waals surface area contributed by atoms with Crippen LogP contribution in [0.2, 0.25) is 0 Å². The van der Waals surface area contributed by atoms with Gasteiger partial charge in [-0.25, -0.2) is 0 Å². The first-order valence-corrected chi connectivity index (χ1v) is 0.791. The molecule has 2 N–H and O–H groups in total. The molecule has 0 aromatic carbocycles. The SMILES string of the molecule is ONCl.[Yb]. The van der Waals surface area contributed by atoms with E-state index in [2.05, 4.69) is 11.8 Å². The molecule has 0 atom stereocenters. The van der Waals surface area contributed by atoms with E-state index >= 15 is 0 Å². The summed E-state index contributed by atoms with van der Waals surface area (Å²) in [6, 6.07) is 0. The number of hydrogen-bond donors (Lipinski definition) is 2. The smallest absolute Gasteiger partial charge is 0.00268 e. The second-order valence-electron chi connectivity index (χ2n) is 0.0845. The van der Waals surface area contributed by atoms with E-state index in [1.54, 1.807) is 0 Å². The quantitative estimate of drug-likeness (QED) is 0.466. The molecule has 0 fully saturated rings. The minimum absolute atomic E-state index is 0. The van der Waals surface area contributed by atoms with Crippen LogP contribution in [0, 0.1) is 46.9 Å². The van der Waals surface area contributed by atoms with Gasteiger partial charge in [-0.1, -0.05) is 0 Å². The van der Waals surface area contributed by atoms with E-state index in [0.29, 0.717) is 0 Å². The second kappa shape index (κ2) is 8.83. The zero-order chi connectivity index (χ0) is 2.71. The van der Waals surface area contributed by atoms with Crippen molar-refractivity contribution in [2.24, 2.45) is 0 Å². The monoisotopic (exact) mass is 241 g/mol. The van der Waals surface area contributed by atoms with Crippen molar-refractivity contribution in [3.05, 3.63) is 0 Å². The first-order valence-electron chi connectivity index (χ1n) is 0.413. The molecule has 0 aliphatic rings. The van der Waals surface area contributed by atoms with Gasteiger partial charge in [-0.05, 0) is 0 Å². The molecule has 0 aliphatic heterocycles. The van der Waals surface area contributed by atoms with Gasteiger partial charge in [0, 0.05) is 58.7 Å². The fraction of sp³-hybridized carbons (Fsp3) is 0. The third-order valence-electron chi connectivity index (χ3n) is 0. The van der Waals surface area contributed by atoms with Crippen molar-refractivity contribution < 1.29 is 52.1 Å². The minimum Gasteiger partial charge on any atom is -0.301 e. The van der Waals surface area contributed by atoms with E-state index in [0.717, 1.165) is 0 Å². The molecule has 34 valence electrons. The zero-order valence-electron chi connectivity index (χ0n) is 1.59. The molecule has 0 saturated carbocycles. The molecule has 0 aromatic rings. The maximum Gasteiger partial charge on any atom is 0.00268 e. The van der Waals surface area contributed by atoms with E-state index < -0.39 is 0 Å². The van der Waals surface area contributed by atoms with Gasteiger partial charge in [0.2, 0.25) is 0 Å². The van der Waals surface area contributed by atoms with Crippen LogP contribution in [-0.2, 0) is 0 Å². The van der Waals surface area contributed by atoms with Crippen molar-refractivity contribution in [3.8, 4) is 0 Å². The summed E-state index contributed by atoms with van der Waals surface area (Å²) < 4.78 is 0. The van der Waals surface area contributed by atoms with Crippen molar-refractivity contribution in [3.63, 3.8) is 0 Å². The third-order valence-corrected chi connectivity index (χ3v) is 0. The standard InChI is InChI=1S/ClH2NO.Yb/c1-2-3;/h2-3H;. The normalized spacial score (nSPS) is 4.50. The number of halogens is 1. The zero-order valence-corrected chi connectivity index (χ0v) is 4.06. The van der Waals surface area contributed by atoms with E-state index in [1.165, 1.54) is 5.00 Å². The molecule has 4 heteroatoms. The van der Waals surface area contributed by atoms with Crippen LogP contribution in [0.4, 0.5) is 0 Å². The molecular weight excluding hydrogens is 238 g/mol. The van der Waals surface area contributed by atoms with Crippen LogP contribution in [0.5, 0.6) is 0 Å². The first kappa shape index (κ1) is 9.21. The van der Waals surface area contributed by atoms with Gasteiger partial charge in [0.1, 0.15) is 0 Å². The topological polar surface area (TPSA) is 32.3 Å². The number of hydrogen-bond acceptors (Lipinski definition) is 2. The van der Waals surface area contributed by atoms with Crippen LogP contribution in [0.3, 0.4) is 0 Å². The summed E-state index contributed by atoms with van der Waals surface area (Å²) in [4.78, 5) is 1.22. The summed E-state index contributed by atoms with van der Waals surface area (Å²) in [7, 11) is 0. The Hall–Kier alpha value is 1.73. The van der Waals surface area contributed by atoms with Gasteiger partial charge in [0.15, 0.2) is 0 Å². The Labute approximate surface area is 67.8 Å². The van der Waals surface area contributed by atoms with E-state index in [-0.39, 0.29) is 46.9 Å². The van der Waals surface area contributed by atoms with Crippen molar-refractivity contribution >= 4 is 11.8 Å². The predicted octanol–water partition coefficient (Wildman–Crippen LogP) is 0.119. The van der Waals surface area contributed by atoms with Gasteiger partial charge in [-0.2, -0.15) is 0 Å². The van der Waals surface area contributed by atoms with Gasteiger partial charge in [0.25, 0.3) is 0 Å². The largest absolute Gasteiger partial charge is 0.301 e. The summed E-state index contributed by atoms with van der Waals surface area (Å²) in [6.45, 7) is 0. The number of rotatable bonds is 0. The molecule has 4 heavy (non-hydrogen) atoms. The summed E-state index contributed by atoms with van der Waals surface area (Å²) in [5.41, 5.74) is 0. The molecule has 0 bridgehead atoms. The maximum atomic E-state index is 7.08. The Morgan fingerprint density at radius 1 is 1.75 bits per heavy atom. The van der Waals surface area contributed by atoms with E-state index in [9.17, 15) is 0 Å². The van der Waals surface area contributed by atoms with Crippen molar-refractivity contribution in [1.29, 1.82) is 0 Å². The molecule has 0 saturated heterocycles. The Morgan fingerprint density at radius 2 is 1.75 bits per heavy atom. The molecule has 0 aliphatic carbocycles. The van der Waals surface area contributed by atoms with Gasteiger partial charge in [-0.15, -0.1) is 5.00 Å². The molecule has 0 aromatic heterocycles. The second-order valence-corrected chi connectivity index (χ2v) is 0.254. The fourth-order valence-corrected chi connectivity index (χ4v) is 0. The van der Waals surface area contributed by atoms with Crippen molar-refractivity contribution in [1.82, 2.24) is 5.00 Å². The fourth-order valence-electron chi connectivity index (χ4n) is 0. The van der Waals surface area contributed by atoms with Gasteiger partial charge in [-0.3, -0.25) is 0 Å². The molecule has 2 nitrogen and oxygen atoms in total. The molecule has 0 heterocycles. The van der Waals surface area contributed by atoms with Crippen LogP contribution >= 0.6 is 11.8 Å². The molecule has 0 rings (SSSR count). The van der Waals surface area contributed by atoms with Gasteiger partial charge < -0.3 is 5.21 Å². The van der Waals surface area contributed by atoms with Crippen LogP contribution in [-0.4, -0.2) is 5.21 Å². The Morgan fingerprint density at radius 3 is 1.75 bits per heavy atom. The average Bonchev–Trinajstić information content (AvgIpc) is 0.918. The van der Waals surface area contributed by atoms with Crippen LogP contribution in [0.15, 0.2) is 0 Å². The third kappa shape index (κ3) is 9.29. The van der Waals surface area contributed by atoms with Crippen molar-refractivity contribution in [2.45, 2.75) is 0 Å². The van der Waals surface area contributed by atoms with E-state index in [4.69, 9.17) is 5.21 Å². The summed E-state index contributed by atoms with van der Waals surface area (Å²) in [6.07, 6.45) is 0. The Bertz CT molecular complexity index is 8.00. The first-order chi connectivity index (χ1) is 1.41. The van der Waals surface area contributed by atoms with E-state index in [1.807, 2.05) is 0 Å². The molecule has 0 spiro atoms. The van der Waals surface area contributed by atoms with Crippen LogP contribution in [0.1, 0.15) is 0 Å². The Kier molecular flexibility index (Phi) is 20.3. The Balaban J connectivity index is 0.